The molecule has 1 heterocycles. The summed E-state index contributed by atoms with van der Waals surface area (Å²) in [6, 6.07) is 8.79. The second-order valence-electron chi connectivity index (χ2n) is 4.39. The topological polar surface area (TPSA) is 79.3 Å². The Morgan fingerprint density at radius 3 is 2.71 bits per heavy atom. The van der Waals surface area contributed by atoms with Gasteiger partial charge in [0.05, 0.1) is 24.2 Å². The number of carbonyl (C=O) groups excluding carboxylic acids is 1. The zero-order chi connectivity index (χ0) is 15.2. The number of carboxylic acids is 1. The van der Waals surface area contributed by atoms with Crippen LogP contribution in [-0.4, -0.2) is 22.0 Å². The molecule has 2 N–H and O–H groups in total. The molecule has 0 aliphatic rings. The standard InChI is InChI=1S/C15H13FN2O3/c16-13-4-2-1-3-10(13)8-14(19)18-9-12-7-11(15(20)21)5-6-17-12/h1-7H,8-9H2,(H,18,19)(H,20,21). The molecule has 5 nitrogen and oxygen atoms in total. The van der Waals surface area contributed by atoms with Crippen molar-refractivity contribution in [2.75, 3.05) is 0 Å². The van der Waals surface area contributed by atoms with Crippen molar-refractivity contribution >= 4 is 11.9 Å². The molecule has 1 aromatic carbocycles. The lowest BCUT2D eigenvalue weighted by molar-refractivity contribution is -0.120. The Morgan fingerprint density at radius 1 is 1.24 bits per heavy atom. The average Bonchev–Trinajstić information content (AvgIpc) is 2.48. The maximum Gasteiger partial charge on any atom is 0.335 e. The lowest BCUT2D eigenvalue weighted by Crippen LogP contribution is -2.25. The second kappa shape index (κ2) is 6.60. The van der Waals surface area contributed by atoms with Gasteiger partial charge < -0.3 is 10.4 Å². The molecule has 1 amide bonds. The van der Waals surface area contributed by atoms with Crippen LogP contribution in [0.4, 0.5) is 4.39 Å². The molecule has 0 aliphatic heterocycles. The Kier molecular flexibility index (Phi) is 4.61. The smallest absolute Gasteiger partial charge is 0.335 e. The van der Waals surface area contributed by atoms with E-state index in [2.05, 4.69) is 10.3 Å². The van der Waals surface area contributed by atoms with E-state index >= 15 is 0 Å². The van der Waals surface area contributed by atoms with E-state index in [1.54, 1.807) is 12.1 Å². The average molecular weight is 288 g/mol. The molecule has 0 atom stereocenters. The Labute approximate surface area is 120 Å². The molecule has 1 aromatic heterocycles. The number of halogens is 1. The molecule has 2 rings (SSSR count). The largest absolute Gasteiger partial charge is 0.478 e. The quantitative estimate of drug-likeness (QED) is 0.879. The molecule has 0 spiro atoms. The number of aromatic nitrogens is 1. The summed E-state index contributed by atoms with van der Waals surface area (Å²) in [5.41, 5.74) is 0.836. The predicted molar refractivity (Wildman–Crippen MR) is 73.1 cm³/mol. The highest BCUT2D eigenvalue weighted by molar-refractivity contribution is 5.87. The summed E-state index contributed by atoms with van der Waals surface area (Å²) in [6.45, 7) is 0.0917. The molecule has 6 heteroatoms. The molecule has 21 heavy (non-hydrogen) atoms. The fourth-order valence-electron chi connectivity index (χ4n) is 1.77. The van der Waals surface area contributed by atoms with E-state index < -0.39 is 11.8 Å². The second-order valence-corrected chi connectivity index (χ2v) is 4.39. The molecule has 0 saturated heterocycles. The molecule has 0 unspecified atom stereocenters. The van der Waals surface area contributed by atoms with Crippen LogP contribution in [0.5, 0.6) is 0 Å². The summed E-state index contributed by atoms with van der Waals surface area (Å²) in [5.74, 6) is -1.85. The van der Waals surface area contributed by atoms with Gasteiger partial charge >= 0.3 is 5.97 Å². The van der Waals surface area contributed by atoms with Crippen LogP contribution < -0.4 is 5.32 Å². The number of aromatic carboxylic acids is 1. The Bertz CT molecular complexity index is 673. The van der Waals surface area contributed by atoms with Crippen molar-refractivity contribution in [3.8, 4) is 0 Å². The van der Waals surface area contributed by atoms with Crippen LogP contribution in [0.25, 0.3) is 0 Å². The third-order valence-electron chi connectivity index (χ3n) is 2.84. The number of rotatable bonds is 5. The van der Waals surface area contributed by atoms with Crippen molar-refractivity contribution in [2.45, 2.75) is 13.0 Å². The molecule has 0 radical (unpaired) electrons. The van der Waals surface area contributed by atoms with E-state index in [4.69, 9.17) is 5.11 Å². The van der Waals surface area contributed by atoms with Crippen LogP contribution in [0.3, 0.4) is 0 Å². The van der Waals surface area contributed by atoms with Gasteiger partial charge in [-0.2, -0.15) is 0 Å². The summed E-state index contributed by atoms with van der Waals surface area (Å²) in [7, 11) is 0. The number of hydrogen-bond acceptors (Lipinski definition) is 3. The summed E-state index contributed by atoms with van der Waals surface area (Å²) in [4.78, 5) is 26.5. The van der Waals surface area contributed by atoms with Gasteiger partial charge in [-0.1, -0.05) is 18.2 Å². The van der Waals surface area contributed by atoms with Crippen LogP contribution in [0, 0.1) is 5.82 Å². The molecular formula is C15H13FN2O3. The van der Waals surface area contributed by atoms with Crippen molar-refractivity contribution < 1.29 is 19.1 Å². The summed E-state index contributed by atoms with van der Waals surface area (Å²) in [6.07, 6.45) is 1.28. The highest BCUT2D eigenvalue weighted by atomic mass is 19.1. The van der Waals surface area contributed by atoms with E-state index in [1.165, 1.54) is 30.5 Å². The van der Waals surface area contributed by atoms with Crippen molar-refractivity contribution in [1.82, 2.24) is 10.3 Å². The molecule has 0 fully saturated rings. The first kappa shape index (κ1) is 14.6. The first-order valence-corrected chi connectivity index (χ1v) is 6.24. The Balaban J connectivity index is 1.94. The van der Waals surface area contributed by atoms with Crippen LogP contribution in [-0.2, 0) is 17.8 Å². The molecule has 108 valence electrons. The van der Waals surface area contributed by atoms with Gasteiger partial charge in [-0.05, 0) is 23.8 Å². The summed E-state index contributed by atoms with van der Waals surface area (Å²) < 4.78 is 13.4. The maximum absolute atomic E-state index is 13.4. The van der Waals surface area contributed by atoms with Gasteiger partial charge in [-0.25, -0.2) is 9.18 Å². The third-order valence-corrected chi connectivity index (χ3v) is 2.84. The highest BCUT2D eigenvalue weighted by Gasteiger charge is 2.09. The van der Waals surface area contributed by atoms with Gasteiger partial charge in [0.15, 0.2) is 0 Å². The van der Waals surface area contributed by atoms with Gasteiger partial charge in [0, 0.05) is 6.20 Å². The number of nitrogens with zero attached hydrogens (tertiary/aromatic N) is 1. The Morgan fingerprint density at radius 2 is 2.00 bits per heavy atom. The zero-order valence-corrected chi connectivity index (χ0v) is 11.0. The van der Waals surface area contributed by atoms with Gasteiger partial charge in [0.2, 0.25) is 5.91 Å². The van der Waals surface area contributed by atoms with E-state index in [0.29, 0.717) is 11.3 Å². The molecular weight excluding hydrogens is 275 g/mol. The van der Waals surface area contributed by atoms with Crippen molar-refractivity contribution in [3.63, 3.8) is 0 Å². The maximum atomic E-state index is 13.4. The lowest BCUT2D eigenvalue weighted by Gasteiger charge is -2.06. The molecule has 0 saturated carbocycles. The fraction of sp³-hybridized carbons (Fsp3) is 0.133. The van der Waals surface area contributed by atoms with Crippen LogP contribution in [0.1, 0.15) is 21.6 Å². The first-order chi connectivity index (χ1) is 10.1. The number of benzene rings is 1. The molecule has 0 bridgehead atoms. The number of amides is 1. The number of carboxylic acid groups (broad SMARTS) is 1. The van der Waals surface area contributed by atoms with Crippen LogP contribution in [0.15, 0.2) is 42.6 Å². The van der Waals surface area contributed by atoms with E-state index in [9.17, 15) is 14.0 Å². The van der Waals surface area contributed by atoms with Crippen LogP contribution >= 0.6 is 0 Å². The Hall–Kier alpha value is -2.76. The first-order valence-electron chi connectivity index (χ1n) is 6.24. The van der Waals surface area contributed by atoms with E-state index in [0.717, 1.165) is 0 Å². The molecule has 2 aromatic rings. The number of carbonyl (C=O) groups is 2. The number of pyridine rings is 1. The minimum Gasteiger partial charge on any atom is -0.478 e. The summed E-state index contributed by atoms with van der Waals surface area (Å²) >= 11 is 0. The fourth-order valence-corrected chi connectivity index (χ4v) is 1.77. The van der Waals surface area contributed by atoms with E-state index in [1.807, 2.05) is 0 Å². The van der Waals surface area contributed by atoms with Crippen LogP contribution in [0.2, 0.25) is 0 Å². The highest BCUT2D eigenvalue weighted by Crippen LogP contribution is 2.07. The number of nitrogens with one attached hydrogen (secondary N) is 1. The summed E-state index contributed by atoms with van der Waals surface area (Å²) in [5, 5.41) is 11.4. The SMILES string of the molecule is O=C(Cc1ccccc1F)NCc1cc(C(=O)O)ccn1. The monoisotopic (exact) mass is 288 g/mol. The van der Waals surface area contributed by atoms with Crippen molar-refractivity contribution in [1.29, 1.82) is 0 Å². The lowest BCUT2D eigenvalue weighted by atomic mass is 10.1. The number of hydrogen-bond donors (Lipinski definition) is 2. The van der Waals surface area contributed by atoms with Gasteiger partial charge in [0.25, 0.3) is 0 Å². The molecule has 0 aliphatic carbocycles. The predicted octanol–water partition coefficient (Wildman–Crippen LogP) is 1.78. The third kappa shape index (κ3) is 4.10. The van der Waals surface area contributed by atoms with Gasteiger partial charge in [-0.3, -0.25) is 9.78 Å². The van der Waals surface area contributed by atoms with Crippen molar-refractivity contribution in [3.05, 3.63) is 65.2 Å². The minimum absolute atomic E-state index is 0.0781. The van der Waals surface area contributed by atoms with Gasteiger partial charge in [-0.15, -0.1) is 0 Å². The van der Waals surface area contributed by atoms with E-state index in [-0.39, 0.29) is 24.4 Å². The normalized spacial score (nSPS) is 10.1. The van der Waals surface area contributed by atoms with Gasteiger partial charge in [0.1, 0.15) is 5.82 Å². The zero-order valence-electron chi connectivity index (χ0n) is 11.0. The minimum atomic E-state index is -1.06. The van der Waals surface area contributed by atoms with Crippen molar-refractivity contribution in [2.24, 2.45) is 0 Å².